The number of nitrogens with two attached hydrogens (primary N) is 1. The van der Waals surface area contributed by atoms with Gasteiger partial charge in [0.25, 0.3) is 5.91 Å². The van der Waals surface area contributed by atoms with Crippen LogP contribution < -0.4 is 16.0 Å². The molecule has 21 nitrogen and oxygen atoms in total. The second-order valence-electron chi connectivity index (χ2n) is 19.9. The summed E-state index contributed by atoms with van der Waals surface area (Å²) in [6.07, 6.45) is 10.7. The van der Waals surface area contributed by atoms with Crippen LogP contribution in [0.5, 0.6) is 0 Å². The van der Waals surface area contributed by atoms with E-state index in [4.69, 9.17) is 35.2 Å². The first-order valence-corrected chi connectivity index (χ1v) is 24.8. The first kappa shape index (κ1) is 45.4. The second-order valence-corrected chi connectivity index (χ2v) is 19.9. The predicted molar refractivity (Wildman–Crippen MR) is 257 cm³/mol. The average Bonchev–Trinajstić information content (AvgIpc) is 3.86. The van der Waals surface area contributed by atoms with Crippen LogP contribution in [0.2, 0.25) is 0 Å². The zero-order chi connectivity index (χ0) is 48.2. The van der Waals surface area contributed by atoms with Gasteiger partial charge in [-0.25, -0.2) is 29.4 Å². The summed E-state index contributed by atoms with van der Waals surface area (Å²) in [5.41, 5.74) is 12.6. The van der Waals surface area contributed by atoms with Crippen LogP contribution in [0.15, 0.2) is 41.4 Å². The van der Waals surface area contributed by atoms with Gasteiger partial charge in [0.15, 0.2) is 23.8 Å². The fraction of sp³-hybridized carbons (Fsp3) is 0.531. The third kappa shape index (κ3) is 8.79. The average molecular weight is 954 g/mol. The highest BCUT2D eigenvalue weighted by Crippen LogP contribution is 2.48. The van der Waals surface area contributed by atoms with E-state index in [0.29, 0.717) is 97.4 Å². The molecule has 4 saturated heterocycles. The number of imide groups is 1. The molecule has 6 aromatic rings. The number of nitrogens with zero attached hydrogens (tertiary/aromatic N) is 13. The largest absolute Gasteiger partial charge is 0.439 e. The molecule has 0 spiro atoms. The van der Waals surface area contributed by atoms with Crippen LogP contribution in [0.1, 0.15) is 106 Å². The maximum atomic E-state index is 13.2. The fourth-order valence-electron chi connectivity index (χ4n) is 10.8. The van der Waals surface area contributed by atoms with Gasteiger partial charge in [0.1, 0.15) is 23.5 Å². The first-order valence-electron chi connectivity index (χ1n) is 24.8. The molecule has 0 bridgehead atoms. The Bertz CT molecular complexity index is 2950. The molecule has 3 N–H and O–H groups in total. The van der Waals surface area contributed by atoms with E-state index in [0.717, 1.165) is 92.0 Å². The van der Waals surface area contributed by atoms with Gasteiger partial charge < -0.3 is 29.7 Å². The number of carbonyl (C=O) groups is 4. The van der Waals surface area contributed by atoms with E-state index >= 15 is 0 Å². The third-order valence-electron chi connectivity index (χ3n) is 15.0. The van der Waals surface area contributed by atoms with Crippen molar-refractivity contribution in [1.82, 2.24) is 64.7 Å². The molecule has 9 heterocycles. The highest BCUT2D eigenvalue weighted by atomic mass is 16.6. The molecule has 70 heavy (non-hydrogen) atoms. The molecule has 5 aliphatic rings. The highest BCUT2D eigenvalue weighted by Gasteiger charge is 2.37. The Morgan fingerprint density at radius 3 is 2.31 bits per heavy atom. The molecular formula is C49H59N15O6. The summed E-state index contributed by atoms with van der Waals surface area (Å²) in [6.45, 7) is 10.8. The number of anilines is 2. The Hall–Kier alpha value is -7.03. The number of amides is 4. The van der Waals surface area contributed by atoms with Crippen LogP contribution >= 0.6 is 0 Å². The van der Waals surface area contributed by atoms with Gasteiger partial charge in [0, 0.05) is 108 Å². The molecule has 11 rings (SSSR count). The number of piperazine rings is 1. The van der Waals surface area contributed by atoms with E-state index in [1.807, 2.05) is 47.6 Å². The normalized spacial score (nSPS) is 20.0. The number of likely N-dealkylation sites (tertiary alicyclic amines) is 2. The van der Waals surface area contributed by atoms with E-state index in [1.165, 1.54) is 6.33 Å². The minimum atomic E-state index is -0.462. The van der Waals surface area contributed by atoms with Crippen LogP contribution in [-0.4, -0.2) is 149 Å². The van der Waals surface area contributed by atoms with Crippen molar-refractivity contribution in [2.24, 2.45) is 13.0 Å². The quantitative estimate of drug-likeness (QED) is 0.166. The summed E-state index contributed by atoms with van der Waals surface area (Å²) in [5, 5.41) is 18.1. The van der Waals surface area contributed by atoms with E-state index in [9.17, 15) is 19.2 Å². The Morgan fingerprint density at radius 2 is 1.60 bits per heavy atom. The number of benzene rings is 1. The number of rotatable bonds is 11. The molecule has 1 unspecified atom stereocenters. The van der Waals surface area contributed by atoms with Crippen LogP contribution in [0, 0.1) is 5.92 Å². The Labute approximate surface area is 404 Å². The van der Waals surface area contributed by atoms with Gasteiger partial charge in [-0.2, -0.15) is 10.2 Å². The van der Waals surface area contributed by atoms with Gasteiger partial charge in [-0.1, -0.05) is 5.16 Å². The summed E-state index contributed by atoms with van der Waals surface area (Å²) < 4.78 is 15.2. The number of aryl methyl sites for hydroxylation is 1. The van der Waals surface area contributed by atoms with Crippen molar-refractivity contribution in [2.75, 3.05) is 76.1 Å². The SMILES string of the molecule is CC(C)n1nc(-c2noc(C3CC3)c2-c2ncc(C3CCN(C(=O)OCC(=O)N4CCC(CN5CCN(c6ccc7c(C8CCC(=O)NC8=O)nn(C)c7c6)CC5)CC4)CC3)cn2)c2c(N)ncnc21. The standard InChI is InChI=1S/C49H59N15O6/c1-28(2)64-47-40(45(50)53-27-54-47)42(57-64)43-39(44(70-58-43)31-4-5-31)46-51-23-32(24-52-46)30-12-16-63(17-13-30)49(68)69-26-38(66)62-14-10-29(11-15-62)25-60-18-20-61(21-19-60)33-6-7-34-36(22-33)59(3)56-41(34)35-8-9-37(65)55-48(35)67/h6-7,22-24,27-31,35H,4-5,8-21,25-26H2,1-3H3,(H2,50,53,54)(H,55,65,67). The number of fused-ring (bicyclic) bond motifs is 2. The smallest absolute Gasteiger partial charge is 0.410 e. The summed E-state index contributed by atoms with van der Waals surface area (Å²) in [4.78, 5) is 77.5. The Kier molecular flexibility index (Phi) is 12.1. The van der Waals surface area contributed by atoms with Crippen LogP contribution in [-0.2, 0) is 26.2 Å². The van der Waals surface area contributed by atoms with E-state index in [2.05, 4.69) is 48.4 Å². The lowest BCUT2D eigenvalue weighted by Gasteiger charge is -2.39. The lowest BCUT2D eigenvalue weighted by Crippen LogP contribution is -2.49. The van der Waals surface area contributed by atoms with Crippen molar-refractivity contribution in [3.63, 3.8) is 0 Å². The Morgan fingerprint density at radius 1 is 0.857 bits per heavy atom. The predicted octanol–water partition coefficient (Wildman–Crippen LogP) is 4.76. The number of aromatic nitrogens is 9. The van der Waals surface area contributed by atoms with Crippen molar-refractivity contribution in [2.45, 2.75) is 89.0 Å². The minimum Gasteiger partial charge on any atom is -0.439 e. The second kappa shape index (κ2) is 18.7. The van der Waals surface area contributed by atoms with E-state index in [1.54, 1.807) is 4.90 Å². The van der Waals surface area contributed by atoms with E-state index < -0.39 is 12.0 Å². The topological polar surface area (TPSA) is 242 Å². The molecule has 1 saturated carbocycles. The number of nitrogens with one attached hydrogen (secondary N) is 1. The van der Waals surface area contributed by atoms with Gasteiger partial charge in [-0.05, 0) is 94.4 Å². The van der Waals surface area contributed by atoms with Crippen molar-refractivity contribution >= 4 is 57.3 Å². The summed E-state index contributed by atoms with van der Waals surface area (Å²) >= 11 is 0. The fourth-order valence-corrected chi connectivity index (χ4v) is 10.8. The van der Waals surface area contributed by atoms with Crippen LogP contribution in [0.3, 0.4) is 0 Å². The summed E-state index contributed by atoms with van der Waals surface area (Å²) in [7, 11) is 1.90. The lowest BCUT2D eigenvalue weighted by atomic mass is 9.91. The maximum Gasteiger partial charge on any atom is 0.410 e. The molecule has 366 valence electrons. The molecule has 4 amide bonds. The van der Waals surface area contributed by atoms with Gasteiger partial charge in [0.2, 0.25) is 11.8 Å². The number of carbonyl (C=O) groups excluding carboxylic acids is 4. The van der Waals surface area contributed by atoms with Gasteiger partial charge >= 0.3 is 6.09 Å². The minimum absolute atomic E-state index is 0.0210. The first-order chi connectivity index (χ1) is 34.0. The molecule has 1 aliphatic carbocycles. The molecule has 4 aliphatic heterocycles. The van der Waals surface area contributed by atoms with Crippen molar-refractivity contribution in [1.29, 1.82) is 0 Å². The third-order valence-corrected chi connectivity index (χ3v) is 15.0. The summed E-state index contributed by atoms with van der Waals surface area (Å²) in [5.74, 6) is 1.36. The number of ether oxygens (including phenoxy) is 1. The summed E-state index contributed by atoms with van der Waals surface area (Å²) in [6, 6.07) is 6.34. The van der Waals surface area contributed by atoms with Gasteiger partial charge in [0.05, 0.1) is 28.1 Å². The number of hydrogen-bond acceptors (Lipinski definition) is 16. The molecule has 5 fully saturated rings. The Balaban J connectivity index is 0.625. The molecule has 0 radical (unpaired) electrons. The zero-order valence-electron chi connectivity index (χ0n) is 39.9. The highest BCUT2D eigenvalue weighted by molar-refractivity contribution is 6.03. The number of piperidine rings is 3. The molecule has 21 heteroatoms. The molecular weight excluding hydrogens is 895 g/mol. The molecule has 1 atom stereocenters. The molecule has 1 aromatic carbocycles. The maximum absolute atomic E-state index is 13.2. The lowest BCUT2D eigenvalue weighted by molar-refractivity contribution is -0.136. The van der Waals surface area contributed by atoms with Crippen LogP contribution in [0.4, 0.5) is 16.3 Å². The monoisotopic (exact) mass is 953 g/mol. The number of hydrogen-bond donors (Lipinski definition) is 2. The van der Waals surface area contributed by atoms with Gasteiger partial charge in [-0.3, -0.25) is 29.3 Å². The molecule has 5 aromatic heterocycles. The van der Waals surface area contributed by atoms with Gasteiger partial charge in [-0.15, -0.1) is 0 Å². The van der Waals surface area contributed by atoms with Crippen molar-refractivity contribution in [3.8, 4) is 22.8 Å². The van der Waals surface area contributed by atoms with Crippen LogP contribution in [0.25, 0.3) is 44.7 Å². The van der Waals surface area contributed by atoms with Crippen molar-refractivity contribution < 1.29 is 28.4 Å². The zero-order valence-corrected chi connectivity index (χ0v) is 39.9. The van der Waals surface area contributed by atoms with Crippen molar-refractivity contribution in [3.05, 3.63) is 53.9 Å². The van der Waals surface area contributed by atoms with E-state index in [-0.39, 0.29) is 42.2 Å². The number of nitrogen functional groups attached to an aromatic ring is 1.